The molecule has 0 aromatic heterocycles. The second kappa shape index (κ2) is 14.3. The maximum absolute atomic E-state index is 14.1. The van der Waals surface area contributed by atoms with Gasteiger partial charge in [-0.25, -0.2) is 8.42 Å². The quantitative estimate of drug-likeness (QED) is 0.244. The molecule has 2 amide bonds. The van der Waals surface area contributed by atoms with Crippen molar-refractivity contribution in [3.63, 3.8) is 0 Å². The van der Waals surface area contributed by atoms with Crippen LogP contribution in [0.5, 0.6) is 0 Å². The molecule has 0 saturated heterocycles. The van der Waals surface area contributed by atoms with Gasteiger partial charge >= 0.3 is 0 Å². The third kappa shape index (κ3) is 7.91. The van der Waals surface area contributed by atoms with E-state index in [1.165, 1.54) is 35.2 Å². The molecule has 0 unspecified atom stereocenters. The van der Waals surface area contributed by atoms with Crippen LogP contribution in [0.2, 0.25) is 20.1 Å². The second-order valence-electron chi connectivity index (χ2n) is 10.2. The lowest BCUT2D eigenvalue weighted by Crippen LogP contribution is -2.53. The van der Waals surface area contributed by atoms with Crippen molar-refractivity contribution in [3.05, 3.63) is 92.4 Å². The molecular weight excluding hydrogens is 640 g/mol. The van der Waals surface area contributed by atoms with E-state index in [1.807, 2.05) is 0 Å². The first-order valence-electron chi connectivity index (χ1n) is 13.5. The van der Waals surface area contributed by atoms with Gasteiger partial charge in [0.15, 0.2) is 0 Å². The van der Waals surface area contributed by atoms with E-state index in [-0.39, 0.29) is 39.1 Å². The van der Waals surface area contributed by atoms with Gasteiger partial charge in [-0.15, -0.1) is 0 Å². The van der Waals surface area contributed by atoms with Crippen molar-refractivity contribution in [1.82, 2.24) is 10.2 Å². The summed E-state index contributed by atoms with van der Waals surface area (Å²) in [6.45, 7) is 1.02. The Balaban J connectivity index is 1.70. The van der Waals surface area contributed by atoms with Gasteiger partial charge in [-0.2, -0.15) is 0 Å². The van der Waals surface area contributed by atoms with Crippen molar-refractivity contribution >= 4 is 73.9 Å². The number of amides is 2. The van der Waals surface area contributed by atoms with Crippen LogP contribution in [0, 0.1) is 0 Å². The van der Waals surface area contributed by atoms with E-state index in [0.29, 0.717) is 15.6 Å². The molecule has 1 N–H and O–H groups in total. The number of rotatable bonds is 10. The predicted octanol–water partition coefficient (Wildman–Crippen LogP) is 7.36. The van der Waals surface area contributed by atoms with Gasteiger partial charge in [-0.3, -0.25) is 13.9 Å². The zero-order valence-electron chi connectivity index (χ0n) is 22.9. The summed E-state index contributed by atoms with van der Waals surface area (Å²) in [5.41, 5.74) is 0.775. The largest absolute Gasteiger partial charge is 0.352 e. The van der Waals surface area contributed by atoms with Gasteiger partial charge in [0.25, 0.3) is 10.0 Å². The topological polar surface area (TPSA) is 86.8 Å². The Morgan fingerprint density at radius 2 is 1.48 bits per heavy atom. The van der Waals surface area contributed by atoms with Gasteiger partial charge in [0, 0.05) is 12.6 Å². The number of carbonyl (C=O) groups is 2. The summed E-state index contributed by atoms with van der Waals surface area (Å²) < 4.78 is 28.7. The van der Waals surface area contributed by atoms with Crippen LogP contribution in [0.25, 0.3) is 0 Å². The van der Waals surface area contributed by atoms with E-state index in [1.54, 1.807) is 43.3 Å². The van der Waals surface area contributed by atoms with Crippen LogP contribution >= 0.6 is 46.4 Å². The molecule has 42 heavy (non-hydrogen) atoms. The summed E-state index contributed by atoms with van der Waals surface area (Å²) in [4.78, 5) is 28.8. The molecule has 1 fully saturated rings. The number of sulfonamides is 1. The molecule has 1 aliphatic carbocycles. The van der Waals surface area contributed by atoms with Gasteiger partial charge in [-0.05, 0) is 67.8 Å². The predicted molar refractivity (Wildman–Crippen MR) is 169 cm³/mol. The summed E-state index contributed by atoms with van der Waals surface area (Å²) >= 11 is 24.7. The van der Waals surface area contributed by atoms with E-state index in [9.17, 15) is 18.0 Å². The average Bonchev–Trinajstić information content (AvgIpc) is 2.98. The number of nitrogens with zero attached hydrogens (tertiary/aromatic N) is 2. The summed E-state index contributed by atoms with van der Waals surface area (Å²) in [5, 5.41) is 4.08. The third-order valence-electron chi connectivity index (χ3n) is 7.26. The summed E-state index contributed by atoms with van der Waals surface area (Å²) in [7, 11) is -4.22. The number of halogens is 4. The fourth-order valence-electron chi connectivity index (χ4n) is 4.87. The van der Waals surface area contributed by atoms with E-state index in [2.05, 4.69) is 5.32 Å². The highest BCUT2D eigenvalue weighted by atomic mass is 35.5. The first-order chi connectivity index (χ1) is 20.0. The SMILES string of the molecule is C[C@@H](C(=O)NC1CCCCC1)N(Cc1ccc(Cl)c(Cl)c1)C(=O)CN(c1ccc(Cl)c(Cl)c1)S(=O)(=O)c1ccccc1. The Bertz CT molecular complexity index is 1530. The fourth-order valence-corrected chi connectivity index (χ4v) is 6.91. The minimum absolute atomic E-state index is 0.00439. The van der Waals surface area contributed by atoms with Gasteiger partial charge in [0.05, 0.1) is 30.7 Å². The minimum atomic E-state index is -4.22. The van der Waals surface area contributed by atoms with Gasteiger partial charge < -0.3 is 10.2 Å². The van der Waals surface area contributed by atoms with Gasteiger partial charge in [-0.1, -0.05) is 89.9 Å². The van der Waals surface area contributed by atoms with Crippen molar-refractivity contribution in [2.75, 3.05) is 10.8 Å². The second-order valence-corrected chi connectivity index (χ2v) is 13.7. The average molecular weight is 671 g/mol. The summed E-state index contributed by atoms with van der Waals surface area (Å²) in [6.07, 6.45) is 4.94. The maximum Gasteiger partial charge on any atom is 0.264 e. The van der Waals surface area contributed by atoms with E-state index < -0.39 is 28.5 Å². The molecule has 0 heterocycles. The Labute approximate surface area is 266 Å². The highest BCUT2D eigenvalue weighted by Gasteiger charge is 2.33. The van der Waals surface area contributed by atoms with Crippen LogP contribution in [0.4, 0.5) is 5.69 Å². The van der Waals surface area contributed by atoms with Crippen LogP contribution in [-0.2, 0) is 26.2 Å². The Morgan fingerprint density at radius 3 is 2.10 bits per heavy atom. The van der Waals surface area contributed by atoms with Crippen molar-refractivity contribution in [3.8, 4) is 0 Å². The van der Waals surface area contributed by atoms with Crippen LogP contribution in [0.1, 0.15) is 44.6 Å². The van der Waals surface area contributed by atoms with Crippen LogP contribution in [0.3, 0.4) is 0 Å². The third-order valence-corrected chi connectivity index (χ3v) is 10.5. The lowest BCUT2D eigenvalue weighted by Gasteiger charge is -2.33. The Morgan fingerprint density at radius 1 is 0.857 bits per heavy atom. The van der Waals surface area contributed by atoms with Crippen molar-refractivity contribution in [1.29, 1.82) is 0 Å². The van der Waals surface area contributed by atoms with Crippen LogP contribution in [-0.4, -0.2) is 43.8 Å². The van der Waals surface area contributed by atoms with Crippen LogP contribution < -0.4 is 9.62 Å². The molecule has 12 heteroatoms. The molecule has 1 atom stereocenters. The molecule has 3 aromatic rings. The number of hydrogen-bond donors (Lipinski definition) is 1. The molecular formula is C30H31Cl4N3O4S. The molecule has 3 aromatic carbocycles. The normalized spacial score (nSPS) is 14.7. The first kappa shape index (κ1) is 32.4. The van der Waals surface area contributed by atoms with Crippen molar-refractivity contribution < 1.29 is 18.0 Å². The number of nitrogens with one attached hydrogen (secondary N) is 1. The van der Waals surface area contributed by atoms with E-state index in [0.717, 1.165) is 36.4 Å². The zero-order valence-corrected chi connectivity index (χ0v) is 26.7. The van der Waals surface area contributed by atoms with Gasteiger partial charge in [0.2, 0.25) is 11.8 Å². The lowest BCUT2D eigenvalue weighted by molar-refractivity contribution is -0.139. The lowest BCUT2D eigenvalue weighted by atomic mass is 9.95. The molecule has 1 aliphatic rings. The zero-order chi connectivity index (χ0) is 30.4. The molecule has 0 radical (unpaired) electrons. The Kier molecular flexibility index (Phi) is 11.1. The highest BCUT2D eigenvalue weighted by Crippen LogP contribution is 2.31. The van der Waals surface area contributed by atoms with Gasteiger partial charge in [0.1, 0.15) is 12.6 Å². The molecule has 224 valence electrons. The number of anilines is 1. The van der Waals surface area contributed by atoms with Crippen molar-refractivity contribution in [2.24, 2.45) is 0 Å². The summed E-state index contributed by atoms with van der Waals surface area (Å²) in [5.74, 6) is -0.916. The van der Waals surface area contributed by atoms with Crippen LogP contribution in [0.15, 0.2) is 71.6 Å². The molecule has 7 nitrogen and oxygen atoms in total. The van der Waals surface area contributed by atoms with E-state index >= 15 is 0 Å². The fraction of sp³-hybridized carbons (Fsp3) is 0.333. The minimum Gasteiger partial charge on any atom is -0.352 e. The van der Waals surface area contributed by atoms with E-state index in [4.69, 9.17) is 46.4 Å². The number of hydrogen-bond acceptors (Lipinski definition) is 4. The summed E-state index contributed by atoms with van der Waals surface area (Å²) in [6, 6.07) is 16.1. The monoisotopic (exact) mass is 669 g/mol. The highest BCUT2D eigenvalue weighted by molar-refractivity contribution is 7.92. The maximum atomic E-state index is 14.1. The molecule has 0 spiro atoms. The number of benzene rings is 3. The smallest absolute Gasteiger partial charge is 0.264 e. The van der Waals surface area contributed by atoms with Crippen molar-refractivity contribution in [2.45, 2.75) is 62.6 Å². The first-order valence-corrected chi connectivity index (χ1v) is 16.5. The Hall–Kier alpha value is -2.49. The molecule has 1 saturated carbocycles. The molecule has 4 rings (SSSR count). The molecule has 0 bridgehead atoms. The standard InChI is InChI=1S/C30H31Cl4N3O4S/c1-20(30(39)35-22-8-4-2-5-9-22)36(18-21-12-14-25(31)27(33)16-21)29(38)19-37(23-13-15-26(32)28(34)17-23)42(40,41)24-10-6-3-7-11-24/h3,6-7,10-17,20,22H,2,4-5,8-9,18-19H2,1H3,(H,35,39)/t20-/m0/s1. The molecule has 0 aliphatic heterocycles. The number of carbonyl (C=O) groups excluding carboxylic acids is 2.